The zero-order valence-corrected chi connectivity index (χ0v) is 7.06. The topological polar surface area (TPSA) is 37.3 Å². The lowest BCUT2D eigenvalue weighted by Gasteiger charge is -2.06. The van der Waals surface area contributed by atoms with Gasteiger partial charge in [-0.3, -0.25) is 0 Å². The van der Waals surface area contributed by atoms with Crippen molar-refractivity contribution in [3.63, 3.8) is 0 Å². The molecule has 10 heavy (non-hydrogen) atoms. The highest BCUT2D eigenvalue weighted by Gasteiger charge is 1.99. The molecule has 0 radical (unpaired) electrons. The van der Waals surface area contributed by atoms with Gasteiger partial charge in [-0.1, -0.05) is 6.92 Å². The fourth-order valence-electron chi connectivity index (χ4n) is 0.582. The molecule has 0 saturated carbocycles. The number of aldehydes is 1. The second-order valence-corrected chi connectivity index (χ2v) is 3.70. The number of aliphatic hydroxyl groups excluding tert-OH is 1. The Hall–Kier alpha value is -0.0200. The molecule has 1 unspecified atom stereocenters. The number of rotatable bonds is 6. The van der Waals surface area contributed by atoms with Gasteiger partial charge in [0.25, 0.3) is 0 Å². The van der Waals surface area contributed by atoms with Crippen LogP contribution in [0.3, 0.4) is 0 Å². The quantitative estimate of drug-likeness (QED) is 0.469. The van der Waals surface area contributed by atoms with Crippen LogP contribution >= 0.6 is 11.8 Å². The number of hydrogen-bond acceptors (Lipinski definition) is 3. The maximum absolute atomic E-state index is 9.88. The molecule has 1 atom stereocenters. The molecular formula is C7H14O2S. The summed E-state index contributed by atoms with van der Waals surface area (Å²) in [6.07, 6.45) is 2.38. The Morgan fingerprint density at radius 3 is 2.90 bits per heavy atom. The maximum atomic E-state index is 9.88. The molecule has 0 aromatic heterocycles. The molecule has 0 rings (SSSR count). The van der Waals surface area contributed by atoms with E-state index in [1.165, 1.54) is 0 Å². The van der Waals surface area contributed by atoms with Gasteiger partial charge in [0, 0.05) is 24.0 Å². The van der Waals surface area contributed by atoms with Crippen molar-refractivity contribution in [3.8, 4) is 0 Å². The molecule has 0 aromatic carbocycles. The second-order valence-electron chi connectivity index (χ2n) is 2.15. The number of thioether (sulfide) groups is 1. The van der Waals surface area contributed by atoms with E-state index in [0.29, 0.717) is 11.7 Å². The summed E-state index contributed by atoms with van der Waals surface area (Å²) in [6, 6.07) is 0. The van der Waals surface area contributed by atoms with E-state index in [0.717, 1.165) is 18.5 Å². The summed E-state index contributed by atoms with van der Waals surface area (Å²) < 4.78 is 0. The van der Waals surface area contributed by atoms with Gasteiger partial charge in [-0.15, -0.1) is 0 Å². The van der Waals surface area contributed by atoms with E-state index in [1.54, 1.807) is 11.8 Å². The molecule has 0 aliphatic heterocycles. The van der Waals surface area contributed by atoms with Crippen molar-refractivity contribution < 1.29 is 9.90 Å². The van der Waals surface area contributed by atoms with E-state index in [4.69, 9.17) is 5.11 Å². The zero-order valence-electron chi connectivity index (χ0n) is 6.25. The second kappa shape index (κ2) is 7.09. The SMILES string of the molecule is CC(CCO)SCCC=O. The van der Waals surface area contributed by atoms with Crippen molar-refractivity contribution in [2.75, 3.05) is 12.4 Å². The molecule has 1 N–H and O–H groups in total. The van der Waals surface area contributed by atoms with Crippen LogP contribution in [0.5, 0.6) is 0 Å². The summed E-state index contributed by atoms with van der Waals surface area (Å²) in [5.74, 6) is 0.880. The molecular weight excluding hydrogens is 148 g/mol. The summed E-state index contributed by atoms with van der Waals surface area (Å²) in [7, 11) is 0. The van der Waals surface area contributed by atoms with Crippen LogP contribution in [0.4, 0.5) is 0 Å². The predicted octanol–water partition coefficient (Wildman–Crippen LogP) is 1.08. The highest BCUT2D eigenvalue weighted by Crippen LogP contribution is 2.13. The van der Waals surface area contributed by atoms with Crippen LogP contribution in [0, 0.1) is 0 Å². The van der Waals surface area contributed by atoms with E-state index in [1.807, 2.05) is 0 Å². The maximum Gasteiger partial charge on any atom is 0.120 e. The summed E-state index contributed by atoms with van der Waals surface area (Å²) in [4.78, 5) is 9.88. The average Bonchev–Trinajstić information content (AvgIpc) is 1.89. The zero-order chi connectivity index (χ0) is 7.82. The van der Waals surface area contributed by atoms with Crippen molar-refractivity contribution >= 4 is 18.0 Å². The monoisotopic (exact) mass is 162 g/mol. The third-order valence-corrected chi connectivity index (χ3v) is 2.45. The van der Waals surface area contributed by atoms with Gasteiger partial charge in [0.05, 0.1) is 0 Å². The molecule has 0 aromatic rings. The molecule has 0 amide bonds. The molecule has 0 bridgehead atoms. The van der Waals surface area contributed by atoms with Crippen LogP contribution in [0.15, 0.2) is 0 Å². The first kappa shape index (κ1) is 9.98. The Balaban J connectivity index is 3.04. The van der Waals surface area contributed by atoms with Gasteiger partial charge in [0.1, 0.15) is 6.29 Å². The van der Waals surface area contributed by atoms with Crippen molar-refractivity contribution in [3.05, 3.63) is 0 Å². The van der Waals surface area contributed by atoms with Crippen LogP contribution in [-0.2, 0) is 4.79 Å². The molecule has 0 spiro atoms. The van der Waals surface area contributed by atoms with Crippen molar-refractivity contribution in [2.45, 2.75) is 25.0 Å². The van der Waals surface area contributed by atoms with E-state index in [9.17, 15) is 4.79 Å². The predicted molar refractivity (Wildman–Crippen MR) is 44.3 cm³/mol. The fourth-order valence-corrected chi connectivity index (χ4v) is 1.49. The van der Waals surface area contributed by atoms with Crippen LogP contribution in [0.25, 0.3) is 0 Å². The van der Waals surface area contributed by atoms with E-state index in [-0.39, 0.29) is 6.61 Å². The standard InChI is InChI=1S/C7H14O2S/c1-7(3-5-9)10-6-2-4-8/h4,7,9H,2-3,5-6H2,1H3. The van der Waals surface area contributed by atoms with Gasteiger partial charge in [-0.2, -0.15) is 11.8 Å². The van der Waals surface area contributed by atoms with Gasteiger partial charge in [-0.05, 0) is 6.42 Å². The first-order chi connectivity index (χ1) is 4.81. The average molecular weight is 162 g/mol. The summed E-state index contributed by atoms with van der Waals surface area (Å²) in [5, 5.41) is 8.99. The minimum absolute atomic E-state index is 0.245. The van der Waals surface area contributed by atoms with Crippen molar-refractivity contribution in [1.29, 1.82) is 0 Å². The number of aliphatic hydroxyl groups is 1. The van der Waals surface area contributed by atoms with E-state index < -0.39 is 0 Å². The number of carbonyl (C=O) groups excluding carboxylic acids is 1. The Kier molecular flexibility index (Phi) is 7.08. The Morgan fingerprint density at radius 2 is 2.40 bits per heavy atom. The van der Waals surface area contributed by atoms with Gasteiger partial charge < -0.3 is 9.90 Å². The minimum atomic E-state index is 0.245. The normalized spacial score (nSPS) is 13.0. The largest absolute Gasteiger partial charge is 0.396 e. The van der Waals surface area contributed by atoms with Gasteiger partial charge in [-0.25, -0.2) is 0 Å². The van der Waals surface area contributed by atoms with Gasteiger partial charge in [0.2, 0.25) is 0 Å². The molecule has 0 fully saturated rings. The minimum Gasteiger partial charge on any atom is -0.396 e. The van der Waals surface area contributed by atoms with Gasteiger partial charge in [0.15, 0.2) is 0 Å². The highest BCUT2D eigenvalue weighted by atomic mass is 32.2. The first-order valence-corrected chi connectivity index (χ1v) is 4.52. The van der Waals surface area contributed by atoms with Crippen molar-refractivity contribution in [2.24, 2.45) is 0 Å². The lowest BCUT2D eigenvalue weighted by Crippen LogP contribution is -2.00. The Bertz CT molecular complexity index is 85.7. The smallest absolute Gasteiger partial charge is 0.120 e. The molecule has 0 heterocycles. The lowest BCUT2D eigenvalue weighted by molar-refractivity contribution is -0.107. The molecule has 0 aliphatic carbocycles. The first-order valence-electron chi connectivity index (χ1n) is 3.47. The van der Waals surface area contributed by atoms with Crippen LogP contribution in [0.1, 0.15) is 19.8 Å². The third kappa shape index (κ3) is 6.11. The van der Waals surface area contributed by atoms with Gasteiger partial charge >= 0.3 is 0 Å². The van der Waals surface area contributed by atoms with Crippen LogP contribution in [0.2, 0.25) is 0 Å². The van der Waals surface area contributed by atoms with E-state index in [2.05, 4.69) is 6.92 Å². The molecule has 60 valence electrons. The van der Waals surface area contributed by atoms with E-state index >= 15 is 0 Å². The summed E-state index contributed by atoms with van der Waals surface area (Å²) in [5.41, 5.74) is 0. The Morgan fingerprint density at radius 1 is 1.70 bits per heavy atom. The molecule has 0 saturated heterocycles. The highest BCUT2D eigenvalue weighted by molar-refractivity contribution is 7.99. The Labute approximate surface area is 66.0 Å². The lowest BCUT2D eigenvalue weighted by atomic mass is 10.3. The number of carbonyl (C=O) groups is 1. The fraction of sp³-hybridized carbons (Fsp3) is 0.857. The van der Waals surface area contributed by atoms with Crippen LogP contribution in [-0.4, -0.2) is 29.0 Å². The molecule has 2 nitrogen and oxygen atoms in total. The number of hydrogen-bond donors (Lipinski definition) is 1. The molecule has 3 heteroatoms. The summed E-state index contributed by atoms with van der Waals surface area (Å²) in [6.45, 7) is 2.31. The van der Waals surface area contributed by atoms with Crippen LogP contribution < -0.4 is 0 Å². The third-order valence-electron chi connectivity index (χ3n) is 1.17. The molecule has 0 aliphatic rings. The summed E-state index contributed by atoms with van der Waals surface area (Å²) >= 11 is 1.73. The van der Waals surface area contributed by atoms with Crippen molar-refractivity contribution in [1.82, 2.24) is 0 Å².